The number of anilines is 1. The number of carbonyl (C=O) groups excluding carboxylic acids is 1. The third-order valence-corrected chi connectivity index (χ3v) is 3.53. The molecule has 2 aromatic rings. The molecule has 1 N–H and O–H groups in total. The van der Waals surface area contributed by atoms with Gasteiger partial charge in [-0.05, 0) is 30.2 Å². The van der Waals surface area contributed by atoms with Gasteiger partial charge in [0.25, 0.3) is 5.76 Å². The number of amides is 1. The van der Waals surface area contributed by atoms with Crippen molar-refractivity contribution in [2.45, 2.75) is 23.5 Å². The molecule has 0 atom stereocenters. The van der Waals surface area contributed by atoms with Crippen molar-refractivity contribution in [1.82, 2.24) is 4.98 Å². The van der Waals surface area contributed by atoms with Crippen molar-refractivity contribution >= 4 is 23.4 Å². The summed E-state index contributed by atoms with van der Waals surface area (Å²) in [5, 5.41) is 2.67. The minimum absolute atomic E-state index is 0.207. The lowest BCUT2D eigenvalue weighted by atomic mass is 10.1. The fourth-order valence-electron chi connectivity index (χ4n) is 1.79. The normalized spacial score (nSPS) is 10.6. The molecule has 3 nitrogen and oxygen atoms in total. The van der Waals surface area contributed by atoms with Crippen LogP contribution in [0.5, 0.6) is 0 Å². The number of alkyl halides is 2. The number of thioether (sulfide) groups is 1. The number of nitrogens with zero attached hydrogens (tertiary/aromatic N) is 1. The third-order valence-electron chi connectivity index (χ3n) is 2.74. The molecule has 0 saturated heterocycles. The molecule has 21 heavy (non-hydrogen) atoms. The molecule has 0 aliphatic heterocycles. The van der Waals surface area contributed by atoms with Crippen LogP contribution < -0.4 is 5.32 Å². The fourth-order valence-corrected chi connectivity index (χ4v) is 2.38. The lowest BCUT2D eigenvalue weighted by molar-refractivity contribution is -0.116. The van der Waals surface area contributed by atoms with Gasteiger partial charge in [0, 0.05) is 23.7 Å². The van der Waals surface area contributed by atoms with Gasteiger partial charge in [-0.3, -0.25) is 9.78 Å². The quantitative estimate of drug-likeness (QED) is 0.821. The van der Waals surface area contributed by atoms with Gasteiger partial charge in [-0.2, -0.15) is 8.78 Å². The molecule has 0 aliphatic rings. The summed E-state index contributed by atoms with van der Waals surface area (Å²) >= 11 is 0.423. The predicted octanol–water partition coefficient (Wildman–Crippen LogP) is 3.97. The number of rotatable bonds is 6. The molecule has 1 aromatic heterocycles. The van der Waals surface area contributed by atoms with Gasteiger partial charge in [-0.1, -0.05) is 30.0 Å². The molecule has 1 heterocycles. The molecule has 0 unspecified atom stereocenters. The summed E-state index contributed by atoms with van der Waals surface area (Å²) in [6, 6.07) is 10.2. The van der Waals surface area contributed by atoms with E-state index in [0.29, 0.717) is 28.8 Å². The van der Waals surface area contributed by atoms with E-state index in [1.54, 1.807) is 36.7 Å². The summed E-state index contributed by atoms with van der Waals surface area (Å²) in [5.74, 6) is -2.72. The molecule has 0 spiro atoms. The Kier molecular flexibility index (Phi) is 5.68. The van der Waals surface area contributed by atoms with Crippen LogP contribution in [-0.2, 0) is 11.2 Å². The molecular formula is C15H14F2N2OS. The summed E-state index contributed by atoms with van der Waals surface area (Å²) in [4.78, 5) is 16.2. The first kappa shape index (κ1) is 15.4. The lowest BCUT2D eigenvalue weighted by Gasteiger charge is -2.10. The molecule has 0 radical (unpaired) electrons. The summed E-state index contributed by atoms with van der Waals surface area (Å²) in [6.07, 6.45) is 4.21. The maximum absolute atomic E-state index is 12.5. The molecule has 1 amide bonds. The Hall–Kier alpha value is -1.95. The second-order valence-corrected chi connectivity index (χ2v) is 5.32. The highest BCUT2D eigenvalue weighted by Gasteiger charge is 2.11. The Morgan fingerprint density at radius 1 is 1.24 bits per heavy atom. The molecule has 6 heteroatoms. The zero-order chi connectivity index (χ0) is 15.1. The largest absolute Gasteiger partial charge is 0.325 e. The van der Waals surface area contributed by atoms with Crippen LogP contribution in [0.2, 0.25) is 0 Å². The number of aryl methyl sites for hydroxylation is 1. The van der Waals surface area contributed by atoms with Crippen LogP contribution in [0.15, 0.2) is 53.7 Å². The number of benzene rings is 1. The minimum atomic E-state index is -2.52. The smallest absolute Gasteiger partial charge is 0.288 e. The topological polar surface area (TPSA) is 42.0 Å². The first-order valence-electron chi connectivity index (χ1n) is 6.38. The molecule has 0 aliphatic carbocycles. The number of hydrogen-bond donors (Lipinski definition) is 1. The van der Waals surface area contributed by atoms with Crippen LogP contribution in [0, 0.1) is 0 Å². The number of pyridine rings is 1. The summed E-state index contributed by atoms with van der Waals surface area (Å²) in [5.41, 5.74) is 1.38. The van der Waals surface area contributed by atoms with E-state index in [1.807, 2.05) is 12.1 Å². The zero-order valence-corrected chi connectivity index (χ0v) is 11.9. The van der Waals surface area contributed by atoms with E-state index in [2.05, 4.69) is 10.3 Å². The summed E-state index contributed by atoms with van der Waals surface area (Å²) in [7, 11) is 0. The van der Waals surface area contributed by atoms with E-state index in [-0.39, 0.29) is 12.3 Å². The van der Waals surface area contributed by atoms with Crippen molar-refractivity contribution in [2.75, 3.05) is 5.32 Å². The first-order valence-corrected chi connectivity index (χ1v) is 7.25. The van der Waals surface area contributed by atoms with E-state index in [1.165, 1.54) is 0 Å². The van der Waals surface area contributed by atoms with Gasteiger partial charge in [-0.25, -0.2) is 0 Å². The van der Waals surface area contributed by atoms with Gasteiger partial charge >= 0.3 is 0 Å². The van der Waals surface area contributed by atoms with E-state index in [9.17, 15) is 13.6 Å². The van der Waals surface area contributed by atoms with E-state index < -0.39 is 5.76 Å². The molecule has 0 fully saturated rings. The summed E-state index contributed by atoms with van der Waals surface area (Å²) < 4.78 is 24.9. The molecule has 2 rings (SSSR count). The monoisotopic (exact) mass is 308 g/mol. The van der Waals surface area contributed by atoms with Crippen molar-refractivity contribution in [3.8, 4) is 0 Å². The average molecular weight is 308 g/mol. The SMILES string of the molecule is O=C(CCc1cccnc1)Nc1ccccc1SC(F)F. The van der Waals surface area contributed by atoms with Crippen LogP contribution in [0.3, 0.4) is 0 Å². The van der Waals surface area contributed by atoms with Crippen LogP contribution in [0.1, 0.15) is 12.0 Å². The van der Waals surface area contributed by atoms with Crippen LogP contribution in [0.4, 0.5) is 14.5 Å². The Bertz CT molecular complexity index is 593. The van der Waals surface area contributed by atoms with E-state index in [0.717, 1.165) is 5.56 Å². The van der Waals surface area contributed by atoms with Gasteiger partial charge in [0.15, 0.2) is 0 Å². The second-order valence-electron chi connectivity index (χ2n) is 4.28. The molecule has 110 valence electrons. The van der Waals surface area contributed by atoms with Crippen molar-refractivity contribution in [2.24, 2.45) is 0 Å². The van der Waals surface area contributed by atoms with Crippen molar-refractivity contribution in [3.05, 3.63) is 54.4 Å². The van der Waals surface area contributed by atoms with Crippen LogP contribution in [0.25, 0.3) is 0 Å². The Morgan fingerprint density at radius 2 is 2.05 bits per heavy atom. The Labute approximate surface area is 125 Å². The molecule has 0 bridgehead atoms. The lowest BCUT2D eigenvalue weighted by Crippen LogP contribution is -2.13. The molecule has 0 saturated carbocycles. The number of carbonyl (C=O) groups is 1. The molecular weight excluding hydrogens is 294 g/mol. The zero-order valence-electron chi connectivity index (χ0n) is 11.1. The number of para-hydroxylation sites is 1. The maximum Gasteiger partial charge on any atom is 0.288 e. The van der Waals surface area contributed by atoms with Gasteiger partial charge < -0.3 is 5.32 Å². The van der Waals surface area contributed by atoms with Crippen LogP contribution in [-0.4, -0.2) is 16.6 Å². The summed E-state index contributed by atoms with van der Waals surface area (Å²) in [6.45, 7) is 0. The van der Waals surface area contributed by atoms with Gasteiger partial charge in [0.1, 0.15) is 0 Å². The highest BCUT2D eigenvalue weighted by molar-refractivity contribution is 7.99. The van der Waals surface area contributed by atoms with Gasteiger partial charge in [0.2, 0.25) is 5.91 Å². The number of nitrogens with one attached hydrogen (secondary N) is 1. The van der Waals surface area contributed by atoms with E-state index in [4.69, 9.17) is 0 Å². The first-order chi connectivity index (χ1) is 10.1. The average Bonchev–Trinajstić information content (AvgIpc) is 2.48. The fraction of sp³-hybridized carbons (Fsp3) is 0.200. The van der Waals surface area contributed by atoms with Gasteiger partial charge in [0.05, 0.1) is 5.69 Å². The van der Waals surface area contributed by atoms with Crippen molar-refractivity contribution in [3.63, 3.8) is 0 Å². The standard InChI is InChI=1S/C15H14F2N2OS/c16-15(17)21-13-6-2-1-5-12(13)19-14(20)8-7-11-4-3-9-18-10-11/h1-6,9-10,15H,7-8H2,(H,19,20). The Balaban J connectivity index is 1.93. The Morgan fingerprint density at radius 3 is 2.76 bits per heavy atom. The van der Waals surface area contributed by atoms with E-state index >= 15 is 0 Å². The third kappa shape index (κ3) is 5.15. The van der Waals surface area contributed by atoms with Gasteiger partial charge in [-0.15, -0.1) is 0 Å². The highest BCUT2D eigenvalue weighted by Crippen LogP contribution is 2.31. The predicted molar refractivity (Wildman–Crippen MR) is 79.5 cm³/mol. The number of halogens is 2. The maximum atomic E-state index is 12.5. The minimum Gasteiger partial charge on any atom is -0.325 e. The van der Waals surface area contributed by atoms with Crippen LogP contribution >= 0.6 is 11.8 Å². The second kappa shape index (κ2) is 7.73. The molecule has 1 aromatic carbocycles. The number of aromatic nitrogens is 1. The van der Waals surface area contributed by atoms with Crippen molar-refractivity contribution in [1.29, 1.82) is 0 Å². The highest BCUT2D eigenvalue weighted by atomic mass is 32.2. The number of hydrogen-bond acceptors (Lipinski definition) is 3. The van der Waals surface area contributed by atoms with Crippen molar-refractivity contribution < 1.29 is 13.6 Å².